The molecular weight excluding hydrogens is 427 g/mol. The number of nitrogens with zero attached hydrogens (tertiary/aromatic N) is 3. The number of nitrogens with one attached hydrogen (secondary N) is 2. The van der Waals surface area contributed by atoms with Crippen LogP contribution in [0.4, 0.5) is 24.7 Å². The highest BCUT2D eigenvalue weighted by molar-refractivity contribution is 7.14. The van der Waals surface area contributed by atoms with Crippen LogP contribution in [-0.4, -0.2) is 46.3 Å². The van der Waals surface area contributed by atoms with Crippen LogP contribution < -0.4 is 10.6 Å². The van der Waals surface area contributed by atoms with Crippen molar-refractivity contribution in [3.63, 3.8) is 0 Å². The van der Waals surface area contributed by atoms with Crippen LogP contribution >= 0.6 is 11.3 Å². The number of hydrogen-bond donors (Lipinski definition) is 2. The molecule has 1 saturated carbocycles. The lowest BCUT2D eigenvalue weighted by Gasteiger charge is -2.38. The Labute approximate surface area is 181 Å². The lowest BCUT2D eigenvalue weighted by molar-refractivity contribution is -0.134. The molecule has 1 amide bonds. The van der Waals surface area contributed by atoms with E-state index in [4.69, 9.17) is 4.99 Å². The van der Waals surface area contributed by atoms with Gasteiger partial charge in [-0.05, 0) is 43.5 Å². The lowest BCUT2D eigenvalue weighted by Crippen LogP contribution is -2.55. The van der Waals surface area contributed by atoms with Crippen LogP contribution in [0.1, 0.15) is 46.7 Å². The summed E-state index contributed by atoms with van der Waals surface area (Å²) in [5, 5.41) is 6.91. The third-order valence-corrected chi connectivity index (χ3v) is 7.28. The number of halogens is 3. The van der Waals surface area contributed by atoms with E-state index in [1.807, 2.05) is 12.1 Å². The largest absolute Gasteiger partial charge is 0.425 e. The number of carbonyl (C=O) groups excluding carboxylic acids is 1. The third-order valence-electron chi connectivity index (χ3n) is 6.16. The SMILES string of the molecule is O=C(c1ccc(C(F)(F)F)s1)N1CC[C@]2(C1)Nc1cccnc1NC2=NC1CCCC1. The van der Waals surface area contributed by atoms with Crippen LogP contribution in [0, 0.1) is 0 Å². The maximum atomic E-state index is 13.0. The van der Waals surface area contributed by atoms with E-state index in [1.54, 1.807) is 11.1 Å². The summed E-state index contributed by atoms with van der Waals surface area (Å²) in [5.41, 5.74) is 0.232. The molecule has 2 aliphatic heterocycles. The first kappa shape index (κ1) is 20.3. The van der Waals surface area contributed by atoms with E-state index in [1.165, 1.54) is 6.07 Å². The molecule has 0 radical (unpaired) electrons. The molecule has 2 aromatic rings. The van der Waals surface area contributed by atoms with Gasteiger partial charge in [-0.2, -0.15) is 13.2 Å². The number of fused-ring (bicyclic) bond motifs is 1. The second kappa shape index (κ2) is 7.51. The van der Waals surface area contributed by atoms with Gasteiger partial charge in [0.2, 0.25) is 0 Å². The van der Waals surface area contributed by atoms with Crippen molar-refractivity contribution in [1.82, 2.24) is 9.88 Å². The number of pyridine rings is 1. The van der Waals surface area contributed by atoms with Gasteiger partial charge in [0.25, 0.3) is 5.91 Å². The zero-order chi connectivity index (χ0) is 21.6. The molecule has 0 bridgehead atoms. The molecule has 1 atom stereocenters. The van der Waals surface area contributed by atoms with Crippen molar-refractivity contribution in [2.45, 2.75) is 49.9 Å². The molecule has 164 valence electrons. The second-order valence-electron chi connectivity index (χ2n) is 8.29. The molecule has 4 heterocycles. The zero-order valence-corrected chi connectivity index (χ0v) is 17.5. The number of alkyl halides is 3. The Hall–Kier alpha value is -2.62. The van der Waals surface area contributed by atoms with E-state index in [9.17, 15) is 18.0 Å². The van der Waals surface area contributed by atoms with Crippen LogP contribution in [-0.2, 0) is 6.18 Å². The maximum Gasteiger partial charge on any atom is 0.425 e. The molecule has 10 heteroatoms. The molecular formula is C21H22F3N5OS. The number of aromatic nitrogens is 1. The van der Waals surface area contributed by atoms with Gasteiger partial charge in [0.15, 0.2) is 5.82 Å². The predicted octanol–water partition coefficient (Wildman–Crippen LogP) is 4.63. The van der Waals surface area contributed by atoms with Crippen LogP contribution in [0.2, 0.25) is 0 Å². The van der Waals surface area contributed by atoms with Gasteiger partial charge in [-0.1, -0.05) is 12.8 Å². The molecule has 0 aromatic carbocycles. The van der Waals surface area contributed by atoms with Crippen molar-refractivity contribution < 1.29 is 18.0 Å². The average molecular weight is 450 g/mol. The van der Waals surface area contributed by atoms with Crippen LogP contribution in [0.15, 0.2) is 35.5 Å². The number of amidine groups is 1. The van der Waals surface area contributed by atoms with E-state index < -0.39 is 16.6 Å². The van der Waals surface area contributed by atoms with E-state index in [0.717, 1.165) is 43.3 Å². The fraction of sp³-hybridized carbons (Fsp3) is 0.476. The number of amides is 1. The molecule has 0 unspecified atom stereocenters. The quantitative estimate of drug-likeness (QED) is 0.702. The van der Waals surface area contributed by atoms with Gasteiger partial charge in [-0.25, -0.2) is 4.98 Å². The number of aliphatic imine (C=N–C) groups is 1. The Morgan fingerprint density at radius 2 is 2.06 bits per heavy atom. The van der Waals surface area contributed by atoms with E-state index in [-0.39, 0.29) is 16.8 Å². The Morgan fingerprint density at radius 3 is 2.81 bits per heavy atom. The Bertz CT molecular complexity index is 1030. The third kappa shape index (κ3) is 3.77. The number of hydrogen-bond acceptors (Lipinski definition) is 5. The Morgan fingerprint density at radius 1 is 1.26 bits per heavy atom. The highest BCUT2D eigenvalue weighted by Gasteiger charge is 2.48. The average Bonchev–Trinajstić information content (AvgIpc) is 3.49. The minimum absolute atomic E-state index is 0.101. The summed E-state index contributed by atoms with van der Waals surface area (Å²) in [6.45, 7) is 0.768. The van der Waals surface area contributed by atoms with Crippen molar-refractivity contribution in [3.8, 4) is 0 Å². The molecule has 1 saturated heterocycles. The lowest BCUT2D eigenvalue weighted by atomic mass is 9.93. The van der Waals surface area contributed by atoms with Gasteiger partial charge < -0.3 is 15.5 Å². The standard InChI is InChI=1S/C21H22F3N5OS/c22-21(23,24)16-8-7-15(31-16)18(30)29-11-9-20(12-29)19(26-13-4-1-2-5-13)27-17-14(28-20)6-3-10-25-17/h3,6-8,10,13,28H,1-2,4-5,9,11-12H2,(H,25,26,27)/t20-/m1/s1. The maximum absolute atomic E-state index is 13.0. The first-order valence-electron chi connectivity index (χ1n) is 10.4. The van der Waals surface area contributed by atoms with E-state index in [2.05, 4.69) is 15.6 Å². The normalized spacial score (nSPS) is 25.0. The summed E-state index contributed by atoms with van der Waals surface area (Å²) in [4.78, 5) is 23.3. The fourth-order valence-electron chi connectivity index (χ4n) is 4.57. The van der Waals surface area contributed by atoms with Crippen LogP contribution in [0.25, 0.3) is 0 Å². The molecule has 2 N–H and O–H groups in total. The number of carbonyl (C=O) groups is 1. The molecule has 6 nitrogen and oxygen atoms in total. The first-order valence-corrected chi connectivity index (χ1v) is 11.2. The molecule has 1 aliphatic carbocycles. The molecule has 5 rings (SSSR count). The minimum Gasteiger partial charge on any atom is -0.368 e. The monoisotopic (exact) mass is 449 g/mol. The second-order valence-corrected chi connectivity index (χ2v) is 9.37. The minimum atomic E-state index is -4.44. The number of thiophene rings is 1. The van der Waals surface area contributed by atoms with Crippen molar-refractivity contribution in [3.05, 3.63) is 40.2 Å². The molecule has 2 fully saturated rings. The van der Waals surface area contributed by atoms with Gasteiger partial charge in [-0.15, -0.1) is 11.3 Å². The van der Waals surface area contributed by atoms with Crippen LogP contribution in [0.5, 0.6) is 0 Å². The van der Waals surface area contributed by atoms with Gasteiger partial charge >= 0.3 is 6.18 Å². The molecule has 1 spiro atoms. The van der Waals surface area contributed by atoms with Gasteiger partial charge in [0.1, 0.15) is 16.3 Å². The van der Waals surface area contributed by atoms with Crippen molar-refractivity contribution in [2.75, 3.05) is 23.7 Å². The summed E-state index contributed by atoms with van der Waals surface area (Å²) in [7, 11) is 0. The predicted molar refractivity (Wildman–Crippen MR) is 114 cm³/mol. The Kier molecular flexibility index (Phi) is 4.91. The van der Waals surface area contributed by atoms with Gasteiger partial charge in [0, 0.05) is 12.7 Å². The highest BCUT2D eigenvalue weighted by atomic mass is 32.1. The first-order chi connectivity index (χ1) is 14.8. The summed E-state index contributed by atoms with van der Waals surface area (Å²) < 4.78 is 38.9. The van der Waals surface area contributed by atoms with Crippen molar-refractivity contribution >= 4 is 34.6 Å². The summed E-state index contributed by atoms with van der Waals surface area (Å²) in [6, 6.07) is 6.23. The fourth-order valence-corrected chi connectivity index (χ4v) is 5.41. The van der Waals surface area contributed by atoms with Crippen LogP contribution in [0.3, 0.4) is 0 Å². The summed E-state index contributed by atoms with van der Waals surface area (Å²) in [6.07, 6.45) is 2.26. The smallest absolute Gasteiger partial charge is 0.368 e. The zero-order valence-electron chi connectivity index (χ0n) is 16.7. The molecule has 3 aliphatic rings. The summed E-state index contributed by atoms with van der Waals surface area (Å²) >= 11 is 0.493. The van der Waals surface area contributed by atoms with Crippen molar-refractivity contribution in [1.29, 1.82) is 0 Å². The van der Waals surface area contributed by atoms with Crippen molar-refractivity contribution in [2.24, 2.45) is 4.99 Å². The van der Waals surface area contributed by atoms with E-state index >= 15 is 0 Å². The molecule has 2 aromatic heterocycles. The molecule has 31 heavy (non-hydrogen) atoms. The number of rotatable bonds is 2. The Balaban J connectivity index is 1.42. The number of anilines is 2. The number of likely N-dealkylation sites (tertiary alicyclic amines) is 1. The summed E-state index contributed by atoms with van der Waals surface area (Å²) in [5.74, 6) is 1.09. The van der Waals surface area contributed by atoms with E-state index in [0.29, 0.717) is 36.7 Å². The topological polar surface area (TPSA) is 69.6 Å². The highest BCUT2D eigenvalue weighted by Crippen LogP contribution is 2.38. The van der Waals surface area contributed by atoms with Gasteiger partial charge in [0.05, 0.1) is 23.2 Å². The van der Waals surface area contributed by atoms with Gasteiger partial charge in [-0.3, -0.25) is 9.79 Å².